The van der Waals surface area contributed by atoms with E-state index in [1.807, 2.05) is 6.20 Å². The molecule has 204 valence electrons. The van der Waals surface area contributed by atoms with Gasteiger partial charge < -0.3 is 10.2 Å². The number of carbonyl (C=O) groups excluding carboxylic acids is 1. The Hall–Kier alpha value is -3.39. The number of hydrogen-bond acceptors (Lipinski definition) is 8. The second-order valence-corrected chi connectivity index (χ2v) is 12.6. The van der Waals surface area contributed by atoms with Crippen LogP contribution in [0, 0.1) is 5.82 Å². The summed E-state index contributed by atoms with van der Waals surface area (Å²) in [6.07, 6.45) is 3.62. The van der Waals surface area contributed by atoms with Crippen LogP contribution < -0.4 is 10.2 Å². The van der Waals surface area contributed by atoms with Crippen molar-refractivity contribution in [1.29, 1.82) is 0 Å². The van der Waals surface area contributed by atoms with Gasteiger partial charge in [0.15, 0.2) is 0 Å². The smallest absolute Gasteiger partial charge is 0.243 e. The molecular weight excluding hydrogens is 541 g/mol. The van der Waals surface area contributed by atoms with Gasteiger partial charge in [0.1, 0.15) is 5.82 Å². The molecule has 39 heavy (non-hydrogen) atoms. The Bertz CT molecular complexity index is 1540. The van der Waals surface area contributed by atoms with E-state index in [0.29, 0.717) is 31.9 Å². The molecule has 10 nitrogen and oxygen atoms in total. The number of amides is 1. The molecule has 2 saturated heterocycles. The first kappa shape index (κ1) is 25.9. The van der Waals surface area contributed by atoms with Gasteiger partial charge in [-0.15, -0.1) is 5.10 Å². The fourth-order valence-electron chi connectivity index (χ4n) is 4.87. The highest BCUT2D eigenvalue weighted by molar-refractivity contribution is 7.89. The van der Waals surface area contributed by atoms with Gasteiger partial charge in [0.2, 0.25) is 26.0 Å². The average Bonchev–Trinajstić information content (AvgIpc) is 3.68. The molecule has 0 atom stereocenters. The molecule has 0 saturated carbocycles. The van der Waals surface area contributed by atoms with Crippen LogP contribution in [0.15, 0.2) is 59.6 Å². The van der Waals surface area contributed by atoms with Crippen molar-refractivity contribution >= 4 is 43.0 Å². The molecule has 2 fully saturated rings. The van der Waals surface area contributed by atoms with E-state index in [1.165, 1.54) is 27.8 Å². The van der Waals surface area contributed by atoms with E-state index in [4.69, 9.17) is 0 Å². The highest BCUT2D eigenvalue weighted by atomic mass is 32.2. The van der Waals surface area contributed by atoms with Crippen molar-refractivity contribution in [2.24, 2.45) is 0 Å². The third-order valence-electron chi connectivity index (χ3n) is 7.02. The minimum atomic E-state index is -3.47. The summed E-state index contributed by atoms with van der Waals surface area (Å²) in [6, 6.07) is 12.6. The summed E-state index contributed by atoms with van der Waals surface area (Å²) in [5.41, 5.74) is 2.16. The van der Waals surface area contributed by atoms with Crippen LogP contribution >= 0.6 is 11.3 Å². The van der Waals surface area contributed by atoms with Crippen LogP contribution in [-0.2, 0) is 14.8 Å². The van der Waals surface area contributed by atoms with Gasteiger partial charge in [0, 0.05) is 50.5 Å². The SMILES string of the molecule is O=C(CN1CCN(c2nn3cc(-c4ccc(F)cc4)nc3s2)CC1)Nc1ccc(S(=O)(=O)N2CCCC2)cc1. The summed E-state index contributed by atoms with van der Waals surface area (Å²) < 4.78 is 41.8. The lowest BCUT2D eigenvalue weighted by atomic mass is 10.2. The lowest BCUT2D eigenvalue weighted by Crippen LogP contribution is -2.48. The van der Waals surface area contributed by atoms with Crippen molar-refractivity contribution in [3.05, 3.63) is 60.5 Å². The third-order valence-corrected chi connectivity index (χ3v) is 9.92. The number of hydrogen-bond donors (Lipinski definition) is 1. The Morgan fingerprint density at radius 3 is 2.31 bits per heavy atom. The van der Waals surface area contributed by atoms with Crippen molar-refractivity contribution in [2.75, 3.05) is 56.0 Å². The predicted octanol–water partition coefficient (Wildman–Crippen LogP) is 3.14. The number of fused-ring (bicyclic) bond motifs is 1. The quantitative estimate of drug-likeness (QED) is 0.365. The zero-order valence-corrected chi connectivity index (χ0v) is 22.8. The Balaban J connectivity index is 1.00. The molecule has 4 aromatic rings. The van der Waals surface area contributed by atoms with E-state index >= 15 is 0 Å². The molecule has 0 unspecified atom stereocenters. The van der Waals surface area contributed by atoms with Gasteiger partial charge in [0.05, 0.1) is 23.3 Å². The molecule has 0 spiro atoms. The first-order valence-electron chi connectivity index (χ1n) is 12.8. The van der Waals surface area contributed by atoms with Crippen molar-refractivity contribution in [1.82, 2.24) is 23.8 Å². The Morgan fingerprint density at radius 2 is 1.64 bits per heavy atom. The fourth-order valence-corrected chi connectivity index (χ4v) is 7.32. The number of benzene rings is 2. The summed E-state index contributed by atoms with van der Waals surface area (Å²) in [5.74, 6) is -0.420. The van der Waals surface area contributed by atoms with E-state index in [1.54, 1.807) is 40.9 Å². The van der Waals surface area contributed by atoms with E-state index in [0.717, 1.165) is 47.3 Å². The predicted molar refractivity (Wildman–Crippen MR) is 148 cm³/mol. The van der Waals surface area contributed by atoms with Gasteiger partial charge in [-0.1, -0.05) is 11.3 Å². The van der Waals surface area contributed by atoms with Gasteiger partial charge in [-0.25, -0.2) is 22.3 Å². The summed E-state index contributed by atoms with van der Waals surface area (Å²) in [5, 5.41) is 8.41. The zero-order valence-electron chi connectivity index (χ0n) is 21.2. The summed E-state index contributed by atoms with van der Waals surface area (Å²) in [7, 11) is -3.47. The molecule has 13 heteroatoms. The van der Waals surface area contributed by atoms with Crippen molar-refractivity contribution in [3.63, 3.8) is 0 Å². The standard InChI is InChI=1S/C26H28FN7O3S2/c27-20-5-3-19(4-6-20)23-17-34-25(29-23)38-26(30-34)32-15-13-31(14-16-32)18-24(35)28-21-7-9-22(10-8-21)39(36,37)33-11-1-2-12-33/h3-10,17H,1-2,11-16,18H2,(H,28,35). The molecule has 2 aromatic heterocycles. The number of nitrogens with one attached hydrogen (secondary N) is 1. The van der Waals surface area contributed by atoms with E-state index in [-0.39, 0.29) is 23.2 Å². The highest BCUT2D eigenvalue weighted by Crippen LogP contribution is 2.28. The number of halogens is 1. The molecule has 1 amide bonds. The third kappa shape index (κ3) is 5.53. The number of nitrogens with zero attached hydrogens (tertiary/aromatic N) is 6. The van der Waals surface area contributed by atoms with Crippen LogP contribution in [0.5, 0.6) is 0 Å². The Labute approximate surface area is 229 Å². The maximum absolute atomic E-state index is 13.2. The van der Waals surface area contributed by atoms with E-state index in [2.05, 4.69) is 25.2 Å². The second kappa shape index (κ2) is 10.6. The normalized spacial score (nSPS) is 17.2. The number of rotatable bonds is 7. The summed E-state index contributed by atoms with van der Waals surface area (Å²) in [4.78, 5) is 22.6. The number of carbonyl (C=O) groups is 1. The first-order valence-corrected chi connectivity index (χ1v) is 15.1. The largest absolute Gasteiger partial charge is 0.344 e. The Morgan fingerprint density at radius 1 is 0.949 bits per heavy atom. The van der Waals surface area contributed by atoms with E-state index < -0.39 is 10.0 Å². The molecule has 0 bridgehead atoms. The van der Waals surface area contributed by atoms with Crippen LogP contribution in [0.3, 0.4) is 0 Å². The number of sulfonamides is 1. The summed E-state index contributed by atoms with van der Waals surface area (Å²) >= 11 is 1.50. The minimum absolute atomic E-state index is 0.139. The minimum Gasteiger partial charge on any atom is -0.344 e. The number of aromatic nitrogens is 3. The second-order valence-electron chi connectivity index (χ2n) is 9.69. The number of imidazole rings is 1. The highest BCUT2D eigenvalue weighted by Gasteiger charge is 2.27. The maximum atomic E-state index is 13.2. The average molecular weight is 570 g/mol. The number of anilines is 2. The molecule has 4 heterocycles. The van der Waals surface area contributed by atoms with Crippen LogP contribution in [0.25, 0.3) is 16.2 Å². The molecule has 6 rings (SSSR count). The topological polar surface area (TPSA) is 103 Å². The van der Waals surface area contributed by atoms with Crippen LogP contribution in [0.2, 0.25) is 0 Å². The van der Waals surface area contributed by atoms with Gasteiger partial charge in [-0.3, -0.25) is 9.69 Å². The molecule has 2 aliphatic heterocycles. The first-order chi connectivity index (χ1) is 18.8. The van der Waals surface area contributed by atoms with Gasteiger partial charge in [-0.2, -0.15) is 4.31 Å². The zero-order chi connectivity index (χ0) is 27.0. The summed E-state index contributed by atoms with van der Waals surface area (Å²) in [6.45, 7) is 4.26. The molecule has 1 N–H and O–H groups in total. The van der Waals surface area contributed by atoms with E-state index in [9.17, 15) is 17.6 Å². The Kier molecular flexibility index (Phi) is 7.06. The number of piperazine rings is 1. The van der Waals surface area contributed by atoms with Gasteiger partial charge in [-0.05, 0) is 61.4 Å². The fraction of sp³-hybridized carbons (Fsp3) is 0.346. The van der Waals surface area contributed by atoms with Crippen molar-refractivity contribution < 1.29 is 17.6 Å². The lowest BCUT2D eigenvalue weighted by Gasteiger charge is -2.33. The molecule has 2 aromatic carbocycles. The van der Waals surface area contributed by atoms with Crippen molar-refractivity contribution in [2.45, 2.75) is 17.7 Å². The van der Waals surface area contributed by atoms with Crippen LogP contribution in [-0.4, -0.2) is 83.9 Å². The molecular formula is C26H28FN7O3S2. The lowest BCUT2D eigenvalue weighted by molar-refractivity contribution is -0.117. The monoisotopic (exact) mass is 569 g/mol. The molecule has 0 radical (unpaired) electrons. The van der Waals surface area contributed by atoms with Gasteiger partial charge >= 0.3 is 0 Å². The molecule has 0 aliphatic carbocycles. The van der Waals surface area contributed by atoms with Gasteiger partial charge in [0.25, 0.3) is 0 Å². The van der Waals surface area contributed by atoms with Crippen LogP contribution in [0.1, 0.15) is 12.8 Å². The van der Waals surface area contributed by atoms with Crippen LogP contribution in [0.4, 0.5) is 15.2 Å². The van der Waals surface area contributed by atoms with Crippen molar-refractivity contribution in [3.8, 4) is 11.3 Å². The molecule has 2 aliphatic rings. The maximum Gasteiger partial charge on any atom is 0.243 e.